The normalized spacial score (nSPS) is 18.8. The van der Waals surface area contributed by atoms with Crippen molar-refractivity contribution in [3.8, 4) is 0 Å². The number of ether oxygens (including phenoxy) is 1. The first-order valence-corrected chi connectivity index (χ1v) is 6.63. The number of nitrogens with zero attached hydrogens (tertiary/aromatic N) is 1. The predicted molar refractivity (Wildman–Crippen MR) is 66.5 cm³/mol. The summed E-state index contributed by atoms with van der Waals surface area (Å²) in [5.41, 5.74) is 0.887. The summed E-state index contributed by atoms with van der Waals surface area (Å²) < 4.78 is 4.76. The van der Waals surface area contributed by atoms with Gasteiger partial charge in [-0.1, -0.05) is 12.1 Å². The van der Waals surface area contributed by atoms with Crippen LogP contribution >= 0.6 is 11.8 Å². The zero-order chi connectivity index (χ0) is 13.1. The number of carbonyl (C=O) groups excluding carboxylic acids is 1. The third-order valence-corrected chi connectivity index (χ3v) is 3.52. The molecule has 0 aliphatic carbocycles. The molecule has 0 aromatic heterocycles. The van der Waals surface area contributed by atoms with Crippen LogP contribution in [0.25, 0.3) is 0 Å². The average molecular weight is 267 g/mol. The number of cyclic esters (lactones) is 1. The van der Waals surface area contributed by atoms with E-state index >= 15 is 0 Å². The summed E-state index contributed by atoms with van der Waals surface area (Å²) in [6.45, 7) is 0.168. The van der Waals surface area contributed by atoms with E-state index in [1.54, 1.807) is 11.8 Å². The number of hydrogen-bond acceptors (Lipinski definition) is 4. The van der Waals surface area contributed by atoms with Crippen molar-refractivity contribution < 1.29 is 19.4 Å². The Balaban J connectivity index is 2.11. The van der Waals surface area contributed by atoms with Crippen LogP contribution in [0.4, 0.5) is 4.79 Å². The summed E-state index contributed by atoms with van der Waals surface area (Å²) in [7, 11) is 0. The number of rotatable bonds is 4. The van der Waals surface area contributed by atoms with Gasteiger partial charge in [0, 0.05) is 4.90 Å². The Labute approximate surface area is 109 Å². The molecule has 1 fully saturated rings. The monoisotopic (exact) mass is 267 g/mol. The van der Waals surface area contributed by atoms with Crippen LogP contribution in [0.1, 0.15) is 5.56 Å². The van der Waals surface area contributed by atoms with Crippen molar-refractivity contribution in [2.24, 2.45) is 0 Å². The van der Waals surface area contributed by atoms with Crippen LogP contribution in [0.5, 0.6) is 0 Å². The highest BCUT2D eigenvalue weighted by molar-refractivity contribution is 7.98. The van der Waals surface area contributed by atoms with Crippen LogP contribution in [0.15, 0.2) is 29.2 Å². The smallest absolute Gasteiger partial charge is 0.411 e. The lowest BCUT2D eigenvalue weighted by Crippen LogP contribution is -2.38. The van der Waals surface area contributed by atoms with E-state index in [1.165, 1.54) is 4.90 Å². The first-order valence-electron chi connectivity index (χ1n) is 5.41. The Morgan fingerprint density at radius 3 is 2.72 bits per heavy atom. The van der Waals surface area contributed by atoms with Crippen molar-refractivity contribution in [3.63, 3.8) is 0 Å². The lowest BCUT2D eigenvalue weighted by atomic mass is 10.2. The van der Waals surface area contributed by atoms with Crippen molar-refractivity contribution in [3.05, 3.63) is 29.8 Å². The molecule has 0 bridgehead atoms. The minimum absolute atomic E-state index is 0.0862. The second-order valence-corrected chi connectivity index (χ2v) is 4.79. The highest BCUT2D eigenvalue weighted by Crippen LogP contribution is 2.19. The molecule has 1 amide bonds. The number of carbonyl (C=O) groups is 2. The van der Waals surface area contributed by atoms with Gasteiger partial charge in [0.25, 0.3) is 0 Å². The van der Waals surface area contributed by atoms with E-state index in [0.717, 1.165) is 10.5 Å². The molecule has 1 unspecified atom stereocenters. The van der Waals surface area contributed by atoms with Gasteiger partial charge in [-0.25, -0.2) is 9.59 Å². The van der Waals surface area contributed by atoms with Gasteiger partial charge in [-0.15, -0.1) is 11.8 Å². The molecule has 2 rings (SSSR count). The number of benzene rings is 1. The van der Waals surface area contributed by atoms with E-state index in [0.29, 0.717) is 0 Å². The van der Waals surface area contributed by atoms with Crippen molar-refractivity contribution >= 4 is 23.8 Å². The SMILES string of the molecule is CSc1ccc(CN2C(=O)OCC2C(=O)O)cc1. The van der Waals surface area contributed by atoms with Gasteiger partial charge in [0.15, 0.2) is 6.04 Å². The van der Waals surface area contributed by atoms with Gasteiger partial charge in [-0.05, 0) is 24.0 Å². The Hall–Kier alpha value is -1.69. The molecule has 1 heterocycles. The van der Waals surface area contributed by atoms with Crippen molar-refractivity contribution in [1.29, 1.82) is 0 Å². The molecule has 5 nitrogen and oxygen atoms in total. The second-order valence-electron chi connectivity index (χ2n) is 3.91. The Morgan fingerprint density at radius 1 is 1.50 bits per heavy atom. The third kappa shape index (κ3) is 2.59. The van der Waals surface area contributed by atoms with E-state index in [1.807, 2.05) is 30.5 Å². The van der Waals surface area contributed by atoms with Crippen molar-refractivity contribution in [2.45, 2.75) is 17.5 Å². The minimum atomic E-state index is -1.04. The van der Waals surface area contributed by atoms with E-state index in [2.05, 4.69) is 0 Å². The Bertz CT molecular complexity index is 460. The van der Waals surface area contributed by atoms with Crippen LogP contribution < -0.4 is 0 Å². The fourth-order valence-electron chi connectivity index (χ4n) is 1.76. The van der Waals surface area contributed by atoms with Gasteiger partial charge < -0.3 is 9.84 Å². The maximum atomic E-state index is 11.5. The zero-order valence-corrected chi connectivity index (χ0v) is 10.6. The summed E-state index contributed by atoms with van der Waals surface area (Å²) in [4.78, 5) is 24.8. The molecule has 1 atom stereocenters. The zero-order valence-electron chi connectivity index (χ0n) is 9.83. The van der Waals surface area contributed by atoms with Gasteiger partial charge in [-0.3, -0.25) is 4.90 Å². The molecule has 0 spiro atoms. The topological polar surface area (TPSA) is 66.8 Å². The van der Waals surface area contributed by atoms with Gasteiger partial charge in [-0.2, -0.15) is 0 Å². The summed E-state index contributed by atoms with van der Waals surface area (Å²) in [6.07, 6.45) is 1.41. The van der Waals surface area contributed by atoms with Gasteiger partial charge in [0.2, 0.25) is 0 Å². The van der Waals surface area contributed by atoms with Gasteiger partial charge in [0.1, 0.15) is 6.61 Å². The Morgan fingerprint density at radius 2 is 2.17 bits per heavy atom. The molecule has 18 heavy (non-hydrogen) atoms. The van der Waals surface area contributed by atoms with Crippen LogP contribution in [-0.4, -0.2) is 41.0 Å². The largest absolute Gasteiger partial charge is 0.480 e. The maximum absolute atomic E-state index is 11.5. The first kappa shape index (κ1) is 12.8. The first-order chi connectivity index (χ1) is 8.61. The molecular formula is C12H13NO4S. The molecule has 1 aromatic carbocycles. The summed E-state index contributed by atoms with van der Waals surface area (Å²) in [5.74, 6) is -1.04. The van der Waals surface area contributed by atoms with Crippen LogP contribution in [0.2, 0.25) is 0 Å². The molecule has 0 saturated carbocycles. The highest BCUT2D eigenvalue weighted by atomic mass is 32.2. The molecule has 6 heteroatoms. The van der Waals surface area contributed by atoms with Crippen molar-refractivity contribution in [1.82, 2.24) is 4.90 Å². The maximum Gasteiger partial charge on any atom is 0.411 e. The van der Waals surface area contributed by atoms with E-state index in [9.17, 15) is 9.59 Å². The lowest BCUT2D eigenvalue weighted by molar-refractivity contribution is -0.141. The van der Waals surface area contributed by atoms with E-state index in [4.69, 9.17) is 9.84 Å². The average Bonchev–Trinajstić information content (AvgIpc) is 2.72. The number of aliphatic carboxylic acids is 1. The van der Waals surface area contributed by atoms with Gasteiger partial charge >= 0.3 is 12.1 Å². The molecule has 1 N–H and O–H groups in total. The number of hydrogen-bond donors (Lipinski definition) is 1. The second kappa shape index (κ2) is 5.30. The van der Waals surface area contributed by atoms with Crippen LogP contribution in [-0.2, 0) is 16.1 Å². The molecule has 1 aliphatic heterocycles. The molecule has 1 aromatic rings. The fraction of sp³-hybridized carbons (Fsp3) is 0.333. The minimum Gasteiger partial charge on any atom is -0.480 e. The standard InChI is InChI=1S/C12H13NO4S/c1-18-9-4-2-8(3-5-9)6-13-10(11(14)15)7-17-12(13)16/h2-5,10H,6-7H2,1H3,(H,14,15). The number of carboxylic acid groups (broad SMARTS) is 1. The summed E-state index contributed by atoms with van der Waals surface area (Å²) in [6, 6.07) is 6.76. The van der Waals surface area contributed by atoms with E-state index < -0.39 is 18.1 Å². The van der Waals surface area contributed by atoms with Gasteiger partial charge in [0.05, 0.1) is 6.54 Å². The van der Waals surface area contributed by atoms with E-state index in [-0.39, 0.29) is 13.2 Å². The summed E-state index contributed by atoms with van der Waals surface area (Å²) >= 11 is 1.63. The van der Waals surface area contributed by atoms with Crippen LogP contribution in [0, 0.1) is 0 Å². The fourth-order valence-corrected chi connectivity index (χ4v) is 2.17. The van der Waals surface area contributed by atoms with Crippen LogP contribution in [0.3, 0.4) is 0 Å². The number of thioether (sulfide) groups is 1. The molecular weight excluding hydrogens is 254 g/mol. The molecule has 96 valence electrons. The quantitative estimate of drug-likeness (QED) is 0.843. The molecule has 0 radical (unpaired) electrons. The van der Waals surface area contributed by atoms with Crippen molar-refractivity contribution in [2.75, 3.05) is 12.9 Å². The Kier molecular flexibility index (Phi) is 3.76. The summed E-state index contributed by atoms with van der Waals surface area (Å²) in [5, 5.41) is 8.98. The molecule has 1 saturated heterocycles. The number of carboxylic acids is 1. The molecule has 1 aliphatic rings. The lowest BCUT2D eigenvalue weighted by Gasteiger charge is -2.18. The third-order valence-electron chi connectivity index (χ3n) is 2.77. The highest BCUT2D eigenvalue weighted by Gasteiger charge is 2.37. The number of amides is 1. The predicted octanol–water partition coefficient (Wildman–Crippen LogP) is 1.81.